The Morgan fingerprint density at radius 2 is 2.00 bits per heavy atom. The Morgan fingerprint density at radius 1 is 1.41 bits per heavy atom. The number of nitrogens with zero attached hydrogens (tertiary/aromatic N) is 1. The maximum atomic E-state index is 12.4. The maximum Gasteiger partial charge on any atom is 0.244 e. The molecule has 2 N–H and O–H groups in total. The molecule has 4 nitrogen and oxygen atoms in total. The molecule has 1 aromatic heterocycles. The number of sulfonamides is 1. The lowest BCUT2D eigenvalue weighted by Crippen LogP contribution is -2.38. The highest BCUT2D eigenvalue weighted by molar-refractivity contribution is 7.89. The lowest BCUT2D eigenvalue weighted by Gasteiger charge is -2.27. The molecule has 0 aliphatic heterocycles. The second-order valence-electron chi connectivity index (χ2n) is 4.42. The minimum Gasteiger partial charge on any atom is -0.326 e. The van der Waals surface area contributed by atoms with Crippen molar-refractivity contribution in [1.82, 2.24) is 4.31 Å². The molecule has 0 fully saturated rings. The van der Waals surface area contributed by atoms with Crippen molar-refractivity contribution in [2.75, 3.05) is 7.05 Å². The van der Waals surface area contributed by atoms with Gasteiger partial charge in [-0.2, -0.15) is 4.31 Å². The predicted molar refractivity (Wildman–Crippen MR) is 71.5 cm³/mol. The minimum atomic E-state index is -3.42. The summed E-state index contributed by atoms with van der Waals surface area (Å²) in [6.45, 7) is 6.19. The van der Waals surface area contributed by atoms with Crippen molar-refractivity contribution in [3.63, 3.8) is 0 Å². The van der Waals surface area contributed by atoms with Crippen LogP contribution in [0.15, 0.2) is 16.3 Å². The van der Waals surface area contributed by atoms with Crippen LogP contribution in [-0.2, 0) is 16.6 Å². The van der Waals surface area contributed by atoms with Crippen LogP contribution in [0.1, 0.15) is 25.6 Å². The molecule has 1 atom stereocenters. The molecular weight excluding hydrogens is 256 g/mol. The van der Waals surface area contributed by atoms with Gasteiger partial charge in [-0.05, 0) is 24.3 Å². The van der Waals surface area contributed by atoms with E-state index in [4.69, 9.17) is 5.73 Å². The maximum absolute atomic E-state index is 12.4. The van der Waals surface area contributed by atoms with Gasteiger partial charge in [-0.15, -0.1) is 11.3 Å². The highest BCUT2D eigenvalue weighted by Crippen LogP contribution is 2.26. The Balaban J connectivity index is 3.12. The summed E-state index contributed by atoms with van der Waals surface area (Å²) in [5, 5.41) is 1.77. The third-order valence-electron chi connectivity index (χ3n) is 3.09. The second kappa shape index (κ2) is 5.48. The van der Waals surface area contributed by atoms with Gasteiger partial charge < -0.3 is 5.73 Å². The third kappa shape index (κ3) is 2.88. The smallest absolute Gasteiger partial charge is 0.244 e. The quantitative estimate of drug-likeness (QED) is 0.893. The summed E-state index contributed by atoms with van der Waals surface area (Å²) in [5.41, 5.74) is 5.56. The number of rotatable bonds is 5. The first-order valence-electron chi connectivity index (χ1n) is 5.56. The van der Waals surface area contributed by atoms with Crippen LogP contribution in [0.5, 0.6) is 0 Å². The highest BCUT2D eigenvalue weighted by atomic mass is 32.2. The van der Waals surface area contributed by atoms with E-state index in [1.54, 1.807) is 18.5 Å². The lowest BCUT2D eigenvalue weighted by atomic mass is 10.1. The molecule has 0 bridgehead atoms. The van der Waals surface area contributed by atoms with Crippen LogP contribution in [0.2, 0.25) is 0 Å². The van der Waals surface area contributed by atoms with Gasteiger partial charge in [0.1, 0.15) is 0 Å². The topological polar surface area (TPSA) is 63.4 Å². The van der Waals surface area contributed by atoms with E-state index in [1.165, 1.54) is 15.6 Å². The Kier molecular flexibility index (Phi) is 4.71. The van der Waals surface area contributed by atoms with Gasteiger partial charge in [0.05, 0.1) is 4.90 Å². The standard InChI is InChI=1S/C11H20N2O2S2/c1-8(2)9(3)13(4)17(14,15)11-5-6-16-10(11)7-12/h5-6,8-9H,7,12H2,1-4H3. The van der Waals surface area contributed by atoms with Crippen LogP contribution in [0, 0.1) is 5.92 Å². The number of hydrogen-bond acceptors (Lipinski definition) is 4. The SMILES string of the molecule is CC(C)C(C)N(C)S(=O)(=O)c1ccsc1CN. The molecule has 0 aliphatic rings. The summed E-state index contributed by atoms with van der Waals surface area (Å²) >= 11 is 1.38. The van der Waals surface area contributed by atoms with Crippen molar-refractivity contribution in [3.8, 4) is 0 Å². The monoisotopic (exact) mass is 276 g/mol. The molecule has 0 aliphatic carbocycles. The summed E-state index contributed by atoms with van der Waals surface area (Å²) in [5.74, 6) is 0.273. The van der Waals surface area contributed by atoms with E-state index < -0.39 is 10.0 Å². The normalized spacial score (nSPS) is 14.5. The van der Waals surface area contributed by atoms with E-state index in [1.807, 2.05) is 20.8 Å². The van der Waals surface area contributed by atoms with Gasteiger partial charge in [-0.1, -0.05) is 13.8 Å². The summed E-state index contributed by atoms with van der Waals surface area (Å²) in [6, 6.07) is 1.59. The number of hydrogen-bond donors (Lipinski definition) is 1. The molecule has 0 saturated carbocycles. The Hall–Kier alpha value is -0.430. The second-order valence-corrected chi connectivity index (χ2v) is 7.38. The van der Waals surface area contributed by atoms with E-state index in [0.717, 1.165) is 0 Å². The largest absolute Gasteiger partial charge is 0.326 e. The van der Waals surface area contributed by atoms with Crippen molar-refractivity contribution < 1.29 is 8.42 Å². The van der Waals surface area contributed by atoms with E-state index in [0.29, 0.717) is 9.77 Å². The van der Waals surface area contributed by atoms with Crippen LogP contribution >= 0.6 is 11.3 Å². The summed E-state index contributed by atoms with van der Waals surface area (Å²) in [6.07, 6.45) is 0. The molecule has 0 radical (unpaired) electrons. The molecule has 0 spiro atoms. The number of nitrogens with two attached hydrogens (primary N) is 1. The average molecular weight is 276 g/mol. The van der Waals surface area contributed by atoms with E-state index in [-0.39, 0.29) is 18.5 Å². The molecule has 1 heterocycles. The van der Waals surface area contributed by atoms with Crippen LogP contribution in [0.3, 0.4) is 0 Å². The van der Waals surface area contributed by atoms with Gasteiger partial charge in [0, 0.05) is 24.5 Å². The van der Waals surface area contributed by atoms with E-state index in [2.05, 4.69) is 0 Å². The van der Waals surface area contributed by atoms with Gasteiger partial charge in [-0.25, -0.2) is 8.42 Å². The molecule has 0 aromatic carbocycles. The predicted octanol–water partition coefficient (Wildman–Crippen LogP) is 1.87. The van der Waals surface area contributed by atoms with Crippen LogP contribution in [-0.4, -0.2) is 25.8 Å². The first-order valence-corrected chi connectivity index (χ1v) is 7.88. The fraction of sp³-hybridized carbons (Fsp3) is 0.636. The molecule has 0 amide bonds. The van der Waals surface area contributed by atoms with Gasteiger partial charge in [0.15, 0.2) is 0 Å². The van der Waals surface area contributed by atoms with Crippen molar-refractivity contribution in [1.29, 1.82) is 0 Å². The molecule has 1 unspecified atom stereocenters. The van der Waals surface area contributed by atoms with Crippen LogP contribution in [0.25, 0.3) is 0 Å². The Labute approximate surface area is 107 Å². The van der Waals surface area contributed by atoms with E-state index in [9.17, 15) is 8.42 Å². The first-order chi connectivity index (χ1) is 7.82. The lowest BCUT2D eigenvalue weighted by molar-refractivity contribution is 0.315. The zero-order valence-corrected chi connectivity index (χ0v) is 12.3. The highest BCUT2D eigenvalue weighted by Gasteiger charge is 2.29. The summed E-state index contributed by atoms with van der Waals surface area (Å²) < 4.78 is 26.2. The zero-order valence-electron chi connectivity index (χ0n) is 10.7. The fourth-order valence-corrected chi connectivity index (χ4v) is 4.30. The molecule has 98 valence electrons. The Morgan fingerprint density at radius 3 is 2.47 bits per heavy atom. The fourth-order valence-electron chi connectivity index (χ4n) is 1.50. The first kappa shape index (κ1) is 14.6. The van der Waals surface area contributed by atoms with Crippen LogP contribution in [0.4, 0.5) is 0 Å². The van der Waals surface area contributed by atoms with Gasteiger partial charge in [0.2, 0.25) is 10.0 Å². The van der Waals surface area contributed by atoms with Gasteiger partial charge >= 0.3 is 0 Å². The van der Waals surface area contributed by atoms with Gasteiger partial charge in [0.25, 0.3) is 0 Å². The van der Waals surface area contributed by atoms with Crippen molar-refractivity contribution in [3.05, 3.63) is 16.3 Å². The molecule has 6 heteroatoms. The molecular formula is C11H20N2O2S2. The van der Waals surface area contributed by atoms with Crippen molar-refractivity contribution >= 4 is 21.4 Å². The average Bonchev–Trinajstić information content (AvgIpc) is 2.75. The number of thiophene rings is 1. The third-order valence-corrected chi connectivity index (χ3v) is 6.19. The molecule has 17 heavy (non-hydrogen) atoms. The minimum absolute atomic E-state index is 0.0366. The van der Waals surface area contributed by atoms with Crippen molar-refractivity contribution in [2.45, 2.75) is 38.3 Å². The molecule has 1 rings (SSSR count). The summed E-state index contributed by atoms with van der Waals surface area (Å²) in [4.78, 5) is 1.06. The zero-order chi connectivity index (χ0) is 13.2. The summed E-state index contributed by atoms with van der Waals surface area (Å²) in [7, 11) is -1.80. The van der Waals surface area contributed by atoms with Crippen molar-refractivity contribution in [2.24, 2.45) is 11.7 Å². The van der Waals surface area contributed by atoms with Crippen LogP contribution < -0.4 is 5.73 Å². The Bertz CT molecular complexity index is 466. The molecule has 1 aromatic rings. The molecule has 0 saturated heterocycles. The van der Waals surface area contributed by atoms with Gasteiger partial charge in [-0.3, -0.25) is 0 Å². The van der Waals surface area contributed by atoms with E-state index >= 15 is 0 Å².